The van der Waals surface area contributed by atoms with Crippen LogP contribution in [0.15, 0.2) is 22.7 Å². The van der Waals surface area contributed by atoms with Gasteiger partial charge in [0.05, 0.1) is 5.69 Å². The Balaban J connectivity index is 1.89. The smallest absolute Gasteiger partial charge is 0.159 e. The Kier molecular flexibility index (Phi) is 4.16. The van der Waals surface area contributed by atoms with E-state index in [-0.39, 0.29) is 5.78 Å². The fourth-order valence-corrected chi connectivity index (χ4v) is 4.49. The molecule has 0 aromatic heterocycles. The minimum absolute atomic E-state index is 0.131. The number of carbonyl (C=O) groups is 1. The summed E-state index contributed by atoms with van der Waals surface area (Å²) in [6, 6.07) is 6.77. The zero-order valence-corrected chi connectivity index (χ0v) is 13.7. The van der Waals surface area contributed by atoms with Crippen molar-refractivity contribution in [2.24, 2.45) is 5.92 Å². The second kappa shape index (κ2) is 5.88. The van der Waals surface area contributed by atoms with E-state index in [1.807, 2.05) is 12.1 Å². The van der Waals surface area contributed by atoms with Gasteiger partial charge in [-0.2, -0.15) is 0 Å². The molecule has 3 heteroatoms. The lowest BCUT2D eigenvalue weighted by Crippen LogP contribution is -2.47. The molecule has 2 fully saturated rings. The van der Waals surface area contributed by atoms with Crippen LogP contribution in [-0.4, -0.2) is 18.4 Å². The van der Waals surface area contributed by atoms with Crippen molar-refractivity contribution in [3.63, 3.8) is 0 Å². The van der Waals surface area contributed by atoms with Crippen molar-refractivity contribution in [2.75, 3.05) is 11.4 Å². The first-order chi connectivity index (χ1) is 9.66. The molecular weight excluding hydrogens is 314 g/mol. The molecule has 1 heterocycles. The van der Waals surface area contributed by atoms with Gasteiger partial charge in [0, 0.05) is 22.6 Å². The Bertz CT molecular complexity index is 512. The lowest BCUT2D eigenvalue weighted by atomic mass is 9.78. The highest BCUT2D eigenvalue weighted by Crippen LogP contribution is 2.40. The Hall–Kier alpha value is -0.830. The van der Waals surface area contributed by atoms with Gasteiger partial charge < -0.3 is 4.90 Å². The summed E-state index contributed by atoms with van der Waals surface area (Å²) >= 11 is 3.67. The number of halogens is 1. The number of fused-ring (bicyclic) bond motifs is 1. The largest absolute Gasteiger partial charge is 0.367 e. The molecule has 0 radical (unpaired) electrons. The Morgan fingerprint density at radius 1 is 1.20 bits per heavy atom. The number of Topliss-reactive ketones (excluding diaryl/α,β-unsaturated/α-hetero) is 1. The van der Waals surface area contributed by atoms with E-state index >= 15 is 0 Å². The number of rotatable bonds is 2. The molecule has 0 amide bonds. The Morgan fingerprint density at radius 3 is 2.70 bits per heavy atom. The average molecular weight is 336 g/mol. The summed E-state index contributed by atoms with van der Waals surface area (Å²) in [6.07, 6.45) is 8.17. The minimum atomic E-state index is 0.131. The molecule has 2 nitrogen and oxygen atoms in total. The van der Waals surface area contributed by atoms with Crippen molar-refractivity contribution >= 4 is 27.4 Å². The number of carbonyl (C=O) groups excluding carboxylic acids is 1. The first-order valence-electron chi connectivity index (χ1n) is 7.74. The monoisotopic (exact) mass is 335 g/mol. The minimum Gasteiger partial charge on any atom is -0.367 e. The van der Waals surface area contributed by atoms with Gasteiger partial charge in [0.25, 0.3) is 0 Å². The average Bonchev–Trinajstić information content (AvgIpc) is 2.46. The number of nitrogens with zero attached hydrogens (tertiary/aromatic N) is 1. The number of piperidine rings is 1. The van der Waals surface area contributed by atoms with Crippen molar-refractivity contribution in [3.05, 3.63) is 28.2 Å². The van der Waals surface area contributed by atoms with Crippen LogP contribution < -0.4 is 4.90 Å². The number of anilines is 1. The fraction of sp³-hybridized carbons (Fsp3) is 0.588. The summed E-state index contributed by atoms with van der Waals surface area (Å²) in [5.41, 5.74) is 2.06. The molecule has 2 aliphatic rings. The zero-order chi connectivity index (χ0) is 14.1. The van der Waals surface area contributed by atoms with Gasteiger partial charge in [0.2, 0.25) is 0 Å². The normalized spacial score (nSPS) is 26.2. The van der Waals surface area contributed by atoms with Crippen LogP contribution in [0.2, 0.25) is 0 Å². The highest BCUT2D eigenvalue weighted by Gasteiger charge is 2.33. The van der Waals surface area contributed by atoms with E-state index in [4.69, 9.17) is 0 Å². The standard InChI is InChI=1S/C17H22BrNO/c1-12(20)14-8-9-17(15(18)11-14)19-10-4-6-13-5-2-3-7-16(13)19/h8-9,11,13,16H,2-7,10H2,1H3/t13-,16-/m1/s1. The van der Waals surface area contributed by atoms with Gasteiger partial charge in [-0.05, 0) is 72.7 Å². The first-order valence-corrected chi connectivity index (χ1v) is 8.53. The van der Waals surface area contributed by atoms with Gasteiger partial charge in [0.15, 0.2) is 5.78 Å². The lowest BCUT2D eigenvalue weighted by Gasteiger charge is -2.45. The molecule has 1 saturated carbocycles. The highest BCUT2D eigenvalue weighted by molar-refractivity contribution is 9.10. The second-order valence-corrected chi connectivity index (χ2v) is 7.02. The van der Waals surface area contributed by atoms with E-state index < -0.39 is 0 Å². The Labute approximate surface area is 129 Å². The fourth-order valence-electron chi connectivity index (χ4n) is 3.88. The Morgan fingerprint density at radius 2 is 1.95 bits per heavy atom. The first kappa shape index (κ1) is 14.1. The van der Waals surface area contributed by atoms with Gasteiger partial charge >= 0.3 is 0 Å². The third kappa shape index (κ3) is 2.65. The van der Waals surface area contributed by atoms with Crippen molar-refractivity contribution in [3.8, 4) is 0 Å². The number of hydrogen-bond acceptors (Lipinski definition) is 2. The number of benzene rings is 1. The highest BCUT2D eigenvalue weighted by atomic mass is 79.9. The third-order valence-electron chi connectivity index (χ3n) is 4.91. The van der Waals surface area contributed by atoms with Gasteiger partial charge in [0.1, 0.15) is 0 Å². The summed E-state index contributed by atoms with van der Waals surface area (Å²) in [7, 11) is 0. The summed E-state index contributed by atoms with van der Waals surface area (Å²) < 4.78 is 1.07. The zero-order valence-electron chi connectivity index (χ0n) is 12.1. The molecule has 20 heavy (non-hydrogen) atoms. The molecule has 1 aromatic carbocycles. The quantitative estimate of drug-likeness (QED) is 0.722. The molecule has 1 aliphatic carbocycles. The molecule has 1 saturated heterocycles. The van der Waals surface area contributed by atoms with E-state index in [0.29, 0.717) is 6.04 Å². The molecule has 108 valence electrons. The lowest BCUT2D eigenvalue weighted by molar-refractivity contribution is 0.101. The molecule has 3 rings (SSSR count). The molecule has 0 bridgehead atoms. The molecule has 2 atom stereocenters. The van der Waals surface area contributed by atoms with Gasteiger partial charge in [-0.15, -0.1) is 0 Å². The van der Waals surface area contributed by atoms with Gasteiger partial charge in [-0.1, -0.05) is 12.8 Å². The van der Waals surface area contributed by atoms with Crippen molar-refractivity contribution in [1.82, 2.24) is 0 Å². The molecule has 0 unspecified atom stereocenters. The van der Waals surface area contributed by atoms with E-state index in [1.54, 1.807) is 6.92 Å². The number of ketones is 1. The topological polar surface area (TPSA) is 20.3 Å². The predicted octanol–water partition coefficient (Wildman–Crippen LogP) is 4.81. The second-order valence-electron chi connectivity index (χ2n) is 6.17. The molecule has 1 aromatic rings. The van der Waals surface area contributed by atoms with Gasteiger partial charge in [-0.3, -0.25) is 4.79 Å². The van der Waals surface area contributed by atoms with E-state index in [1.165, 1.54) is 44.2 Å². The van der Waals surface area contributed by atoms with E-state index in [2.05, 4.69) is 26.9 Å². The van der Waals surface area contributed by atoms with Crippen LogP contribution in [-0.2, 0) is 0 Å². The van der Waals surface area contributed by atoms with Gasteiger partial charge in [-0.25, -0.2) is 0 Å². The van der Waals surface area contributed by atoms with Crippen LogP contribution in [0, 0.1) is 5.92 Å². The van der Waals surface area contributed by atoms with E-state index in [9.17, 15) is 4.79 Å². The SMILES string of the molecule is CC(=O)c1ccc(N2CCC[C@H]3CCCC[C@H]32)c(Br)c1. The van der Waals surface area contributed by atoms with Crippen LogP contribution in [0.4, 0.5) is 5.69 Å². The summed E-state index contributed by atoms with van der Waals surface area (Å²) in [6.45, 7) is 2.78. The molecule has 1 aliphatic heterocycles. The van der Waals surface area contributed by atoms with Crippen LogP contribution >= 0.6 is 15.9 Å². The number of hydrogen-bond donors (Lipinski definition) is 0. The van der Waals surface area contributed by atoms with E-state index in [0.717, 1.165) is 22.5 Å². The maximum atomic E-state index is 11.5. The summed E-state index contributed by atoms with van der Waals surface area (Å²) in [5, 5.41) is 0. The third-order valence-corrected chi connectivity index (χ3v) is 5.54. The molecular formula is C17H22BrNO. The maximum absolute atomic E-state index is 11.5. The van der Waals surface area contributed by atoms with Crippen molar-refractivity contribution in [1.29, 1.82) is 0 Å². The van der Waals surface area contributed by atoms with Crippen LogP contribution in [0.25, 0.3) is 0 Å². The summed E-state index contributed by atoms with van der Waals surface area (Å²) in [4.78, 5) is 14.1. The maximum Gasteiger partial charge on any atom is 0.159 e. The molecule has 0 spiro atoms. The van der Waals surface area contributed by atoms with Crippen LogP contribution in [0.3, 0.4) is 0 Å². The van der Waals surface area contributed by atoms with Crippen molar-refractivity contribution in [2.45, 2.75) is 51.5 Å². The van der Waals surface area contributed by atoms with Crippen LogP contribution in [0.1, 0.15) is 55.8 Å². The van der Waals surface area contributed by atoms with Crippen LogP contribution in [0.5, 0.6) is 0 Å². The van der Waals surface area contributed by atoms with Crippen molar-refractivity contribution < 1.29 is 4.79 Å². The summed E-state index contributed by atoms with van der Waals surface area (Å²) in [5.74, 6) is 1.00. The predicted molar refractivity (Wildman–Crippen MR) is 86.5 cm³/mol. The molecule has 0 N–H and O–H groups in total.